The quantitative estimate of drug-likeness (QED) is 0.436. The van der Waals surface area contributed by atoms with E-state index in [4.69, 9.17) is 4.74 Å². The summed E-state index contributed by atoms with van der Waals surface area (Å²) in [6.45, 7) is 6.73. The van der Waals surface area contributed by atoms with E-state index >= 15 is 0 Å². The number of carbonyl (C=O) groups excluding carboxylic acids is 1. The molecule has 1 aromatic rings. The number of aryl methyl sites for hydroxylation is 1. The second-order valence-electron chi connectivity index (χ2n) is 8.75. The first-order valence-electron chi connectivity index (χ1n) is 11.8. The lowest BCUT2D eigenvalue weighted by atomic mass is 9.88. The first-order chi connectivity index (χ1) is 15.0. The van der Waals surface area contributed by atoms with E-state index in [2.05, 4.69) is 15.6 Å². The van der Waals surface area contributed by atoms with Gasteiger partial charge in [-0.15, -0.1) is 0 Å². The molecule has 2 unspecified atom stereocenters. The number of benzene rings is 1. The fourth-order valence-corrected chi connectivity index (χ4v) is 4.35. The lowest BCUT2D eigenvalue weighted by molar-refractivity contribution is -0.135. The van der Waals surface area contributed by atoms with Crippen molar-refractivity contribution >= 4 is 11.9 Å². The molecular weight excluding hydrogens is 392 g/mol. The summed E-state index contributed by atoms with van der Waals surface area (Å²) in [4.78, 5) is 19.3. The van der Waals surface area contributed by atoms with Crippen molar-refractivity contribution in [2.75, 3.05) is 32.8 Å². The van der Waals surface area contributed by atoms with Crippen LogP contribution >= 0.6 is 0 Å². The number of likely N-dealkylation sites (tertiary alicyclic amines) is 1. The summed E-state index contributed by atoms with van der Waals surface area (Å²) in [5.74, 6) is 1.98. The molecule has 1 aromatic carbocycles. The summed E-state index contributed by atoms with van der Waals surface area (Å²) in [6.07, 6.45) is 5.93. The van der Waals surface area contributed by atoms with Crippen molar-refractivity contribution in [3.8, 4) is 5.75 Å². The third-order valence-electron chi connectivity index (χ3n) is 6.03. The van der Waals surface area contributed by atoms with Crippen molar-refractivity contribution in [2.45, 2.75) is 64.5 Å². The number of amides is 1. The van der Waals surface area contributed by atoms with Crippen LogP contribution < -0.4 is 15.4 Å². The maximum Gasteiger partial charge on any atom is 0.225 e. The molecule has 172 valence electrons. The van der Waals surface area contributed by atoms with Crippen LogP contribution in [0.15, 0.2) is 29.3 Å². The minimum absolute atomic E-state index is 0.186. The zero-order valence-electron chi connectivity index (χ0n) is 19.0. The van der Waals surface area contributed by atoms with Crippen molar-refractivity contribution in [1.29, 1.82) is 0 Å². The lowest BCUT2D eigenvalue weighted by Crippen LogP contribution is -2.46. The summed E-state index contributed by atoms with van der Waals surface area (Å²) < 4.78 is 5.67. The Morgan fingerprint density at radius 1 is 1.29 bits per heavy atom. The minimum Gasteiger partial charge on any atom is -0.491 e. The Hall–Kier alpha value is -2.28. The SMILES string of the molecule is CCNC(=NCC(O)COc1cccc(C)c1)NC1CCN(C(=O)C2CCCCC2)C1. The van der Waals surface area contributed by atoms with Gasteiger partial charge in [0.05, 0.1) is 6.54 Å². The Morgan fingerprint density at radius 3 is 2.84 bits per heavy atom. The van der Waals surface area contributed by atoms with Crippen LogP contribution in [0, 0.1) is 12.8 Å². The zero-order chi connectivity index (χ0) is 22.1. The molecule has 0 spiro atoms. The van der Waals surface area contributed by atoms with Gasteiger partial charge in [-0.1, -0.05) is 31.4 Å². The maximum atomic E-state index is 12.8. The average Bonchev–Trinajstić information content (AvgIpc) is 3.25. The van der Waals surface area contributed by atoms with Crippen molar-refractivity contribution in [3.63, 3.8) is 0 Å². The predicted octanol–water partition coefficient (Wildman–Crippen LogP) is 2.47. The van der Waals surface area contributed by atoms with Crippen LogP contribution in [0.3, 0.4) is 0 Å². The number of nitrogens with one attached hydrogen (secondary N) is 2. The van der Waals surface area contributed by atoms with E-state index in [-0.39, 0.29) is 25.1 Å². The standard InChI is InChI=1S/C24H38N4O3/c1-3-25-24(26-15-21(29)17-31-22-11-7-8-18(2)14-22)27-20-12-13-28(16-20)23(30)19-9-5-4-6-10-19/h7-8,11,14,19-21,29H,3-6,9-10,12-13,15-17H2,1-2H3,(H2,25,26,27). The molecule has 0 aromatic heterocycles. The van der Waals surface area contributed by atoms with Crippen LogP contribution in [-0.4, -0.2) is 66.8 Å². The number of guanidine groups is 1. The molecule has 31 heavy (non-hydrogen) atoms. The maximum absolute atomic E-state index is 12.8. The normalized spacial score (nSPS) is 21.1. The lowest BCUT2D eigenvalue weighted by Gasteiger charge is -2.26. The Bertz CT molecular complexity index is 733. The van der Waals surface area contributed by atoms with E-state index in [1.54, 1.807) is 0 Å². The van der Waals surface area contributed by atoms with Gasteiger partial charge in [-0.3, -0.25) is 9.79 Å². The highest BCUT2D eigenvalue weighted by Crippen LogP contribution is 2.26. The molecule has 0 radical (unpaired) electrons. The monoisotopic (exact) mass is 430 g/mol. The highest BCUT2D eigenvalue weighted by atomic mass is 16.5. The number of hydrogen-bond donors (Lipinski definition) is 3. The van der Waals surface area contributed by atoms with Gasteiger partial charge in [0.2, 0.25) is 5.91 Å². The average molecular weight is 431 g/mol. The molecule has 2 atom stereocenters. The summed E-state index contributed by atoms with van der Waals surface area (Å²) in [5.41, 5.74) is 1.12. The van der Waals surface area contributed by atoms with E-state index in [0.29, 0.717) is 11.9 Å². The van der Waals surface area contributed by atoms with Crippen molar-refractivity contribution in [3.05, 3.63) is 29.8 Å². The van der Waals surface area contributed by atoms with Crippen LogP contribution in [0.2, 0.25) is 0 Å². The molecule has 3 rings (SSSR count). The van der Waals surface area contributed by atoms with Crippen molar-refractivity contribution < 1.29 is 14.6 Å². The molecule has 1 heterocycles. The summed E-state index contributed by atoms with van der Waals surface area (Å²) >= 11 is 0. The van der Waals surface area contributed by atoms with Crippen LogP contribution in [0.25, 0.3) is 0 Å². The number of aliphatic imine (C=N–C) groups is 1. The first kappa shape index (κ1) is 23.4. The van der Waals surface area contributed by atoms with Gasteiger partial charge in [0.1, 0.15) is 18.5 Å². The molecule has 3 N–H and O–H groups in total. The molecule has 1 saturated heterocycles. The number of carbonyl (C=O) groups is 1. The summed E-state index contributed by atoms with van der Waals surface area (Å²) in [5, 5.41) is 16.9. The molecule has 1 aliphatic heterocycles. The Kier molecular flexibility index (Phi) is 9.00. The van der Waals surface area contributed by atoms with Crippen LogP contribution in [-0.2, 0) is 4.79 Å². The second-order valence-corrected chi connectivity index (χ2v) is 8.75. The smallest absolute Gasteiger partial charge is 0.225 e. The van der Waals surface area contributed by atoms with E-state index in [1.165, 1.54) is 19.3 Å². The molecule has 7 nitrogen and oxygen atoms in total. The van der Waals surface area contributed by atoms with E-state index < -0.39 is 6.10 Å². The molecule has 2 aliphatic rings. The topological polar surface area (TPSA) is 86.2 Å². The van der Waals surface area contributed by atoms with Gasteiger partial charge in [0, 0.05) is 31.6 Å². The van der Waals surface area contributed by atoms with Gasteiger partial charge in [0.25, 0.3) is 0 Å². The number of hydrogen-bond acceptors (Lipinski definition) is 4. The van der Waals surface area contributed by atoms with Gasteiger partial charge >= 0.3 is 0 Å². The summed E-state index contributed by atoms with van der Waals surface area (Å²) in [7, 11) is 0. The highest BCUT2D eigenvalue weighted by Gasteiger charge is 2.31. The first-order valence-corrected chi connectivity index (χ1v) is 11.8. The fraction of sp³-hybridized carbons (Fsp3) is 0.667. The molecule has 1 aliphatic carbocycles. The number of aliphatic hydroxyl groups is 1. The number of rotatable bonds is 8. The van der Waals surface area contributed by atoms with Crippen molar-refractivity contribution in [1.82, 2.24) is 15.5 Å². The Morgan fingerprint density at radius 2 is 2.10 bits per heavy atom. The number of aliphatic hydroxyl groups excluding tert-OH is 1. The minimum atomic E-state index is -0.691. The van der Waals surface area contributed by atoms with E-state index in [9.17, 15) is 9.90 Å². The molecular formula is C24H38N4O3. The third-order valence-corrected chi connectivity index (χ3v) is 6.03. The van der Waals surface area contributed by atoms with Crippen LogP contribution in [0.4, 0.5) is 0 Å². The van der Waals surface area contributed by atoms with Gasteiger partial charge in [-0.2, -0.15) is 0 Å². The van der Waals surface area contributed by atoms with Crippen LogP contribution in [0.5, 0.6) is 5.75 Å². The van der Waals surface area contributed by atoms with Gasteiger partial charge in [-0.05, 0) is 50.8 Å². The summed E-state index contributed by atoms with van der Waals surface area (Å²) in [6, 6.07) is 7.96. The molecule has 7 heteroatoms. The second kappa shape index (κ2) is 11.9. The third kappa shape index (κ3) is 7.42. The molecule has 0 bridgehead atoms. The van der Waals surface area contributed by atoms with Gasteiger partial charge in [0.15, 0.2) is 5.96 Å². The zero-order valence-corrected chi connectivity index (χ0v) is 19.0. The van der Waals surface area contributed by atoms with Crippen LogP contribution in [0.1, 0.15) is 51.0 Å². The van der Waals surface area contributed by atoms with E-state index in [0.717, 1.165) is 50.2 Å². The van der Waals surface area contributed by atoms with Crippen molar-refractivity contribution in [2.24, 2.45) is 10.9 Å². The van der Waals surface area contributed by atoms with Gasteiger partial charge < -0.3 is 25.4 Å². The molecule has 2 fully saturated rings. The predicted molar refractivity (Wildman–Crippen MR) is 123 cm³/mol. The van der Waals surface area contributed by atoms with E-state index in [1.807, 2.05) is 43.0 Å². The Labute approximate surface area is 186 Å². The fourth-order valence-electron chi connectivity index (χ4n) is 4.35. The number of nitrogens with zero attached hydrogens (tertiary/aromatic N) is 2. The molecule has 1 saturated carbocycles. The highest BCUT2D eigenvalue weighted by molar-refractivity contribution is 5.81. The Balaban J connectivity index is 1.45. The van der Waals surface area contributed by atoms with Gasteiger partial charge in [-0.25, -0.2) is 0 Å². The largest absolute Gasteiger partial charge is 0.491 e. The number of ether oxygens (including phenoxy) is 1. The molecule has 1 amide bonds.